The van der Waals surface area contributed by atoms with Gasteiger partial charge in [0.15, 0.2) is 5.69 Å². The third-order valence-electron chi connectivity index (χ3n) is 4.83. The van der Waals surface area contributed by atoms with Gasteiger partial charge in [-0.2, -0.15) is 5.10 Å². The molecule has 1 heterocycles. The SMILES string of the molecule is CC[C@H](C)NS(=O)(=O)c1cc(NC(=O)C(C)C)ccc1Oc1c(C)c(C(=O)O)nn1CC. The number of aromatic carboxylic acids is 1. The molecule has 176 valence electrons. The number of anilines is 1. The minimum Gasteiger partial charge on any atom is -0.476 e. The summed E-state index contributed by atoms with van der Waals surface area (Å²) in [6.45, 7) is 10.7. The van der Waals surface area contributed by atoms with Crippen molar-refractivity contribution in [3.63, 3.8) is 0 Å². The zero-order chi connectivity index (χ0) is 24.2. The Morgan fingerprint density at radius 2 is 1.88 bits per heavy atom. The summed E-state index contributed by atoms with van der Waals surface area (Å²) in [5, 5.41) is 16.1. The number of carbonyl (C=O) groups is 2. The number of carboxylic acids is 1. The summed E-state index contributed by atoms with van der Waals surface area (Å²) < 4.78 is 36.1. The van der Waals surface area contributed by atoms with Gasteiger partial charge in [0, 0.05) is 29.8 Å². The molecule has 3 N–H and O–H groups in total. The Bertz CT molecular complexity index is 1110. The lowest BCUT2D eigenvalue weighted by molar-refractivity contribution is -0.118. The van der Waals surface area contributed by atoms with Crippen LogP contribution < -0.4 is 14.8 Å². The minimum atomic E-state index is -4.02. The number of nitrogens with one attached hydrogen (secondary N) is 2. The number of ether oxygens (including phenoxy) is 1. The number of sulfonamides is 1. The Hall–Kier alpha value is -2.92. The van der Waals surface area contributed by atoms with Crippen molar-refractivity contribution in [3.8, 4) is 11.6 Å². The fourth-order valence-corrected chi connectivity index (χ4v) is 4.25. The zero-order valence-corrected chi connectivity index (χ0v) is 19.9. The molecule has 0 saturated heterocycles. The Morgan fingerprint density at radius 3 is 2.41 bits per heavy atom. The molecule has 11 heteroatoms. The normalized spacial score (nSPS) is 12.6. The molecular weight excluding hydrogens is 436 g/mol. The molecule has 0 bridgehead atoms. The van der Waals surface area contributed by atoms with Gasteiger partial charge in [0.25, 0.3) is 0 Å². The lowest BCUT2D eigenvalue weighted by Gasteiger charge is -2.17. The van der Waals surface area contributed by atoms with Crippen molar-refractivity contribution in [1.29, 1.82) is 0 Å². The number of carbonyl (C=O) groups excluding carboxylic acids is 1. The van der Waals surface area contributed by atoms with Crippen LogP contribution in [0.4, 0.5) is 5.69 Å². The number of aromatic nitrogens is 2. The van der Waals surface area contributed by atoms with Gasteiger partial charge in [-0.25, -0.2) is 22.6 Å². The maximum atomic E-state index is 13.1. The highest BCUT2D eigenvalue weighted by atomic mass is 32.2. The number of nitrogens with zero attached hydrogens (tertiary/aromatic N) is 2. The molecule has 1 aromatic heterocycles. The first-order valence-corrected chi connectivity index (χ1v) is 11.8. The Labute approximate surface area is 188 Å². The molecule has 0 aliphatic carbocycles. The summed E-state index contributed by atoms with van der Waals surface area (Å²) in [5.74, 6) is -1.65. The average molecular weight is 467 g/mol. The van der Waals surface area contributed by atoms with Crippen molar-refractivity contribution < 1.29 is 27.9 Å². The van der Waals surface area contributed by atoms with Gasteiger partial charge in [0.1, 0.15) is 10.6 Å². The second kappa shape index (κ2) is 10.1. The van der Waals surface area contributed by atoms with Crippen molar-refractivity contribution in [2.24, 2.45) is 5.92 Å². The molecule has 2 aromatic rings. The molecule has 0 fully saturated rings. The quantitative estimate of drug-likeness (QED) is 0.488. The van der Waals surface area contributed by atoms with E-state index in [0.717, 1.165) is 0 Å². The Morgan fingerprint density at radius 1 is 1.22 bits per heavy atom. The summed E-state index contributed by atoms with van der Waals surface area (Å²) >= 11 is 0. The van der Waals surface area contributed by atoms with Crippen LogP contribution in [0.15, 0.2) is 23.1 Å². The lowest BCUT2D eigenvalue weighted by atomic mass is 10.2. The minimum absolute atomic E-state index is 0.0158. The maximum Gasteiger partial charge on any atom is 0.356 e. The summed E-state index contributed by atoms with van der Waals surface area (Å²) in [5.41, 5.74) is 0.395. The number of aryl methyl sites for hydroxylation is 1. The van der Waals surface area contributed by atoms with Crippen LogP contribution in [0, 0.1) is 12.8 Å². The molecule has 32 heavy (non-hydrogen) atoms. The molecule has 1 atom stereocenters. The smallest absolute Gasteiger partial charge is 0.356 e. The van der Waals surface area contributed by atoms with E-state index in [0.29, 0.717) is 18.7 Å². The number of hydrogen-bond donors (Lipinski definition) is 3. The molecule has 0 radical (unpaired) electrons. The Kier molecular flexibility index (Phi) is 8.02. The third kappa shape index (κ3) is 5.65. The molecule has 0 saturated carbocycles. The second-order valence-corrected chi connectivity index (χ2v) is 9.42. The number of hydrogen-bond acceptors (Lipinski definition) is 6. The second-order valence-electron chi connectivity index (χ2n) is 7.74. The van der Waals surface area contributed by atoms with Crippen LogP contribution >= 0.6 is 0 Å². The van der Waals surface area contributed by atoms with Crippen LogP contribution in [0.3, 0.4) is 0 Å². The largest absolute Gasteiger partial charge is 0.476 e. The third-order valence-corrected chi connectivity index (χ3v) is 6.44. The van der Waals surface area contributed by atoms with Crippen molar-refractivity contribution in [2.45, 2.75) is 65.4 Å². The number of carboxylic acid groups (broad SMARTS) is 1. The predicted octanol–water partition coefficient (Wildman–Crippen LogP) is 3.37. The Balaban J connectivity index is 2.60. The van der Waals surface area contributed by atoms with Gasteiger partial charge in [0.05, 0.1) is 0 Å². The highest BCUT2D eigenvalue weighted by molar-refractivity contribution is 7.89. The molecule has 1 aromatic carbocycles. The molecular formula is C21H30N4O6S. The molecule has 1 amide bonds. The molecule has 0 aliphatic heterocycles. The van der Waals surface area contributed by atoms with Crippen molar-refractivity contribution in [3.05, 3.63) is 29.5 Å². The summed E-state index contributed by atoms with van der Waals surface area (Å²) in [4.78, 5) is 23.4. The molecule has 0 aliphatic rings. The first-order chi connectivity index (χ1) is 14.9. The van der Waals surface area contributed by atoms with E-state index in [1.54, 1.807) is 34.6 Å². The zero-order valence-electron chi connectivity index (χ0n) is 19.1. The van der Waals surface area contributed by atoms with Gasteiger partial charge in [-0.15, -0.1) is 0 Å². The summed E-state index contributed by atoms with van der Waals surface area (Å²) in [6, 6.07) is 3.94. The predicted molar refractivity (Wildman–Crippen MR) is 120 cm³/mol. The van der Waals surface area contributed by atoms with Crippen LogP contribution in [-0.4, -0.2) is 41.2 Å². The van der Waals surface area contributed by atoms with E-state index >= 15 is 0 Å². The van der Waals surface area contributed by atoms with Crippen LogP contribution in [0.25, 0.3) is 0 Å². The number of rotatable bonds is 10. The van der Waals surface area contributed by atoms with E-state index in [1.807, 2.05) is 6.92 Å². The van der Waals surface area contributed by atoms with E-state index in [1.165, 1.54) is 22.9 Å². The van der Waals surface area contributed by atoms with E-state index in [9.17, 15) is 23.1 Å². The highest BCUT2D eigenvalue weighted by Gasteiger charge is 2.26. The van der Waals surface area contributed by atoms with E-state index in [2.05, 4.69) is 15.1 Å². The van der Waals surface area contributed by atoms with Gasteiger partial charge in [0.2, 0.25) is 21.8 Å². The van der Waals surface area contributed by atoms with Gasteiger partial charge in [-0.1, -0.05) is 20.8 Å². The topological polar surface area (TPSA) is 140 Å². The summed E-state index contributed by atoms with van der Waals surface area (Å²) in [7, 11) is -4.02. The van der Waals surface area contributed by atoms with E-state index in [4.69, 9.17) is 4.74 Å². The molecule has 0 spiro atoms. The number of amides is 1. The lowest BCUT2D eigenvalue weighted by Crippen LogP contribution is -2.32. The molecule has 2 rings (SSSR count). The fourth-order valence-electron chi connectivity index (χ4n) is 2.77. The van der Waals surface area contributed by atoms with Crippen molar-refractivity contribution in [1.82, 2.24) is 14.5 Å². The van der Waals surface area contributed by atoms with Crippen LogP contribution in [-0.2, 0) is 21.4 Å². The highest BCUT2D eigenvalue weighted by Crippen LogP contribution is 2.34. The van der Waals surface area contributed by atoms with Crippen molar-refractivity contribution in [2.75, 3.05) is 5.32 Å². The fraction of sp³-hybridized carbons (Fsp3) is 0.476. The average Bonchev–Trinajstić information content (AvgIpc) is 3.04. The van der Waals surface area contributed by atoms with Crippen LogP contribution in [0.1, 0.15) is 57.1 Å². The van der Waals surface area contributed by atoms with Gasteiger partial charge < -0.3 is 15.2 Å². The number of benzene rings is 1. The van der Waals surface area contributed by atoms with Gasteiger partial charge in [-0.3, -0.25) is 4.79 Å². The van der Waals surface area contributed by atoms with Gasteiger partial charge in [-0.05, 0) is 45.4 Å². The monoisotopic (exact) mass is 466 g/mol. The maximum absolute atomic E-state index is 13.1. The van der Waals surface area contributed by atoms with Crippen molar-refractivity contribution >= 4 is 27.6 Å². The summed E-state index contributed by atoms with van der Waals surface area (Å²) in [6.07, 6.45) is 0.572. The first kappa shape index (κ1) is 25.3. The molecule has 0 unspecified atom stereocenters. The van der Waals surface area contributed by atoms with E-state index < -0.39 is 16.0 Å². The molecule has 10 nitrogen and oxygen atoms in total. The standard InChI is InChI=1S/C21H30N4O6S/c1-7-13(5)24-32(29,30)17-11-15(22-19(26)12(3)4)9-10-16(17)31-20-14(6)18(21(27)28)23-25(20)8-2/h9-13,24H,7-8H2,1-6H3,(H,22,26)(H,27,28)/t13-/m0/s1. The van der Waals surface area contributed by atoms with Crippen LogP contribution in [0.2, 0.25) is 0 Å². The first-order valence-electron chi connectivity index (χ1n) is 10.4. The van der Waals surface area contributed by atoms with Gasteiger partial charge >= 0.3 is 5.97 Å². The van der Waals surface area contributed by atoms with E-state index in [-0.39, 0.29) is 45.6 Å². The van der Waals surface area contributed by atoms with Crippen LogP contribution in [0.5, 0.6) is 11.6 Å².